The number of carbonyl (C=O) groups is 1. The van der Waals surface area contributed by atoms with Crippen LogP contribution in [0.15, 0.2) is 47.3 Å². The number of esters is 1. The summed E-state index contributed by atoms with van der Waals surface area (Å²) in [5, 5.41) is 0. The molecule has 0 amide bonds. The number of aromatic nitrogens is 2. The Balaban J connectivity index is 1.82. The van der Waals surface area contributed by atoms with Gasteiger partial charge in [-0.05, 0) is 24.3 Å². The summed E-state index contributed by atoms with van der Waals surface area (Å²) in [4.78, 5) is 18.7. The van der Waals surface area contributed by atoms with E-state index in [9.17, 15) is 4.79 Å². The maximum atomic E-state index is 11.9. The fourth-order valence-corrected chi connectivity index (χ4v) is 2.70. The number of hydrogen-bond acceptors (Lipinski definition) is 6. The molecule has 7 nitrogen and oxygen atoms in total. The van der Waals surface area contributed by atoms with Gasteiger partial charge in [0.05, 0.1) is 32.2 Å². The van der Waals surface area contributed by atoms with Gasteiger partial charge in [0, 0.05) is 32.6 Å². The molecule has 0 saturated heterocycles. The first-order valence-electron chi connectivity index (χ1n) is 8.00. The number of ether oxygens (including phenoxy) is 2. The van der Waals surface area contributed by atoms with E-state index < -0.39 is 5.97 Å². The summed E-state index contributed by atoms with van der Waals surface area (Å²) in [5.74, 6) is 0.490. The van der Waals surface area contributed by atoms with Crippen molar-refractivity contribution in [2.45, 2.75) is 13.1 Å². The van der Waals surface area contributed by atoms with E-state index in [4.69, 9.17) is 13.9 Å². The van der Waals surface area contributed by atoms with E-state index >= 15 is 0 Å². The van der Waals surface area contributed by atoms with Crippen LogP contribution in [0, 0.1) is 0 Å². The topological polar surface area (TPSA) is 69.2 Å². The van der Waals surface area contributed by atoms with Crippen LogP contribution in [-0.2, 0) is 22.6 Å². The molecule has 0 aliphatic carbocycles. The second kappa shape index (κ2) is 7.96. The number of hydrogen-bond donors (Lipinski definition) is 0. The highest BCUT2D eigenvalue weighted by molar-refractivity contribution is 5.95. The normalized spacial score (nSPS) is 11.3. The fourth-order valence-electron chi connectivity index (χ4n) is 2.70. The van der Waals surface area contributed by atoms with E-state index in [-0.39, 0.29) is 0 Å². The Labute approximate surface area is 145 Å². The van der Waals surface area contributed by atoms with Crippen molar-refractivity contribution in [1.29, 1.82) is 0 Å². The van der Waals surface area contributed by atoms with E-state index in [1.165, 1.54) is 7.11 Å². The molecule has 3 heterocycles. The number of carbonyl (C=O) groups excluding carboxylic acids is 1. The average Bonchev–Trinajstić information content (AvgIpc) is 3.27. The Hall–Kier alpha value is -2.64. The molecule has 3 rings (SSSR count). The van der Waals surface area contributed by atoms with Crippen molar-refractivity contribution in [3.8, 4) is 0 Å². The van der Waals surface area contributed by atoms with Gasteiger partial charge in [-0.1, -0.05) is 0 Å². The first kappa shape index (κ1) is 17.2. The maximum absolute atomic E-state index is 11.9. The molecule has 0 aliphatic heterocycles. The number of nitrogens with zero attached hydrogens (tertiary/aromatic N) is 3. The Bertz CT molecular complexity index is 826. The van der Waals surface area contributed by atoms with Crippen LogP contribution in [-0.4, -0.2) is 47.6 Å². The Morgan fingerprint density at radius 1 is 1.28 bits per heavy atom. The zero-order valence-electron chi connectivity index (χ0n) is 14.3. The van der Waals surface area contributed by atoms with Crippen molar-refractivity contribution < 1.29 is 18.7 Å². The minimum atomic E-state index is -0.394. The van der Waals surface area contributed by atoms with Crippen LogP contribution in [0.3, 0.4) is 0 Å². The predicted molar refractivity (Wildman–Crippen MR) is 91.2 cm³/mol. The largest absolute Gasteiger partial charge is 0.468 e. The molecule has 25 heavy (non-hydrogen) atoms. The Morgan fingerprint density at radius 2 is 2.16 bits per heavy atom. The first-order chi connectivity index (χ1) is 12.2. The van der Waals surface area contributed by atoms with Crippen molar-refractivity contribution in [2.75, 3.05) is 27.4 Å². The van der Waals surface area contributed by atoms with Crippen molar-refractivity contribution in [2.24, 2.45) is 0 Å². The van der Waals surface area contributed by atoms with Gasteiger partial charge in [-0.2, -0.15) is 0 Å². The molecule has 0 aromatic carbocycles. The van der Waals surface area contributed by atoms with Crippen molar-refractivity contribution in [3.63, 3.8) is 0 Å². The van der Waals surface area contributed by atoms with Crippen LogP contribution in [0.4, 0.5) is 0 Å². The third-order valence-corrected chi connectivity index (χ3v) is 3.89. The van der Waals surface area contributed by atoms with E-state index in [1.54, 1.807) is 25.5 Å². The van der Waals surface area contributed by atoms with E-state index in [1.807, 2.05) is 28.9 Å². The zero-order chi connectivity index (χ0) is 17.6. The molecule has 3 aromatic rings. The van der Waals surface area contributed by atoms with E-state index in [0.29, 0.717) is 30.9 Å². The Morgan fingerprint density at radius 3 is 2.88 bits per heavy atom. The van der Waals surface area contributed by atoms with Gasteiger partial charge >= 0.3 is 5.97 Å². The van der Waals surface area contributed by atoms with Gasteiger partial charge in [0.15, 0.2) is 5.65 Å². The smallest absolute Gasteiger partial charge is 0.341 e. The Kier molecular flexibility index (Phi) is 5.47. The number of pyridine rings is 1. The molecular weight excluding hydrogens is 322 g/mol. The first-order valence-corrected chi connectivity index (χ1v) is 8.00. The van der Waals surface area contributed by atoms with Crippen molar-refractivity contribution in [1.82, 2.24) is 14.3 Å². The average molecular weight is 343 g/mol. The summed E-state index contributed by atoms with van der Waals surface area (Å²) in [5.41, 5.74) is 1.90. The minimum absolute atomic E-state index is 0.394. The lowest BCUT2D eigenvalue weighted by atomic mass is 10.3. The standard InChI is InChI=1S/C18H21N3O4/c1-23-10-8-20(13-15-5-4-9-25-15)11-14-12-21-7-3-6-16(17(21)19-14)18(22)24-2/h3-7,9,12H,8,10-11,13H2,1-2H3. The molecule has 0 spiro atoms. The van der Waals surface area contributed by atoms with E-state index in [0.717, 1.165) is 18.0 Å². The number of methoxy groups -OCH3 is 2. The van der Waals surface area contributed by atoms with Crippen molar-refractivity contribution >= 4 is 11.6 Å². The van der Waals surface area contributed by atoms with Crippen LogP contribution >= 0.6 is 0 Å². The van der Waals surface area contributed by atoms with Crippen LogP contribution in [0.2, 0.25) is 0 Å². The molecule has 0 fully saturated rings. The molecule has 0 bridgehead atoms. The summed E-state index contributed by atoms with van der Waals surface area (Å²) in [6.07, 6.45) is 5.45. The lowest BCUT2D eigenvalue weighted by Gasteiger charge is -2.19. The molecule has 0 radical (unpaired) electrons. The lowest BCUT2D eigenvalue weighted by molar-refractivity contribution is 0.0602. The molecule has 132 valence electrons. The summed E-state index contributed by atoms with van der Waals surface area (Å²) in [6.45, 7) is 2.64. The number of fused-ring (bicyclic) bond motifs is 1. The van der Waals surface area contributed by atoms with Crippen LogP contribution in [0.5, 0.6) is 0 Å². The second-order valence-electron chi connectivity index (χ2n) is 5.66. The quantitative estimate of drug-likeness (QED) is 0.585. The lowest BCUT2D eigenvalue weighted by Crippen LogP contribution is -2.26. The monoisotopic (exact) mass is 343 g/mol. The van der Waals surface area contributed by atoms with Crippen LogP contribution in [0.1, 0.15) is 21.8 Å². The van der Waals surface area contributed by atoms with Gasteiger partial charge in [-0.25, -0.2) is 9.78 Å². The van der Waals surface area contributed by atoms with Gasteiger partial charge < -0.3 is 18.3 Å². The molecule has 0 saturated carbocycles. The number of furan rings is 1. The highest BCUT2D eigenvalue weighted by atomic mass is 16.5. The van der Waals surface area contributed by atoms with Gasteiger partial charge in [-0.3, -0.25) is 4.90 Å². The van der Waals surface area contributed by atoms with Crippen molar-refractivity contribution in [3.05, 3.63) is 59.9 Å². The summed E-state index contributed by atoms with van der Waals surface area (Å²) in [6, 6.07) is 7.33. The van der Waals surface area contributed by atoms with Crippen LogP contribution < -0.4 is 0 Å². The van der Waals surface area contributed by atoms with E-state index in [2.05, 4.69) is 9.88 Å². The third kappa shape index (κ3) is 4.07. The zero-order valence-corrected chi connectivity index (χ0v) is 14.3. The third-order valence-electron chi connectivity index (χ3n) is 3.89. The summed E-state index contributed by atoms with van der Waals surface area (Å²) >= 11 is 0. The molecule has 0 N–H and O–H groups in total. The number of imidazole rings is 1. The highest BCUT2D eigenvalue weighted by Crippen LogP contribution is 2.15. The van der Waals surface area contributed by atoms with Gasteiger partial charge in [-0.15, -0.1) is 0 Å². The molecule has 0 aliphatic rings. The summed E-state index contributed by atoms with van der Waals surface area (Å²) in [7, 11) is 3.05. The van der Waals surface area contributed by atoms with Crippen LogP contribution in [0.25, 0.3) is 5.65 Å². The van der Waals surface area contributed by atoms with Gasteiger partial charge in [0.2, 0.25) is 0 Å². The predicted octanol–water partition coefficient (Wildman–Crippen LogP) is 2.36. The molecule has 0 unspecified atom stereocenters. The molecule has 0 atom stereocenters. The fraction of sp³-hybridized carbons (Fsp3) is 0.333. The maximum Gasteiger partial charge on any atom is 0.341 e. The highest BCUT2D eigenvalue weighted by Gasteiger charge is 2.15. The molecular formula is C18H21N3O4. The van der Waals surface area contributed by atoms with Gasteiger partial charge in [0.1, 0.15) is 11.3 Å². The van der Waals surface area contributed by atoms with Gasteiger partial charge in [0.25, 0.3) is 0 Å². The molecule has 3 aromatic heterocycles. The SMILES string of the molecule is COCCN(Cc1cn2cccc(C(=O)OC)c2n1)Cc1ccco1. The summed E-state index contributed by atoms with van der Waals surface area (Å²) < 4.78 is 17.3. The minimum Gasteiger partial charge on any atom is -0.468 e. The molecule has 7 heteroatoms. The second-order valence-corrected chi connectivity index (χ2v) is 5.66. The number of rotatable bonds is 8.